The van der Waals surface area contributed by atoms with Crippen LogP contribution in [0.2, 0.25) is 0 Å². The summed E-state index contributed by atoms with van der Waals surface area (Å²) < 4.78 is 7.30. The van der Waals surface area contributed by atoms with E-state index >= 15 is 0 Å². The predicted octanol–water partition coefficient (Wildman–Crippen LogP) is 4.02. The molecule has 2 amide bonds. The van der Waals surface area contributed by atoms with Gasteiger partial charge in [-0.05, 0) is 53.6 Å². The van der Waals surface area contributed by atoms with Crippen LogP contribution in [0, 0.1) is 0 Å². The highest BCUT2D eigenvalue weighted by Crippen LogP contribution is 2.27. The van der Waals surface area contributed by atoms with Crippen molar-refractivity contribution >= 4 is 22.8 Å². The van der Waals surface area contributed by atoms with Gasteiger partial charge in [-0.3, -0.25) is 14.6 Å². The fourth-order valence-electron chi connectivity index (χ4n) is 4.92. The van der Waals surface area contributed by atoms with Crippen LogP contribution in [0.25, 0.3) is 11.0 Å². The summed E-state index contributed by atoms with van der Waals surface area (Å²) in [4.78, 5) is 33.7. The summed E-state index contributed by atoms with van der Waals surface area (Å²) >= 11 is 0. The van der Waals surface area contributed by atoms with Crippen LogP contribution in [0.1, 0.15) is 55.3 Å². The Hall–Kier alpha value is -4.11. The number of ether oxygens (including phenoxy) is 1. The van der Waals surface area contributed by atoms with Gasteiger partial charge in [0, 0.05) is 32.1 Å². The second-order valence-corrected chi connectivity index (χ2v) is 10.2. The van der Waals surface area contributed by atoms with Gasteiger partial charge in [-0.25, -0.2) is 4.68 Å². The normalized spacial score (nSPS) is 15.9. The van der Waals surface area contributed by atoms with Crippen LogP contribution in [0.5, 0.6) is 0 Å². The maximum absolute atomic E-state index is 14.0. The van der Waals surface area contributed by atoms with Gasteiger partial charge in [0.05, 0.1) is 11.6 Å². The van der Waals surface area contributed by atoms with Gasteiger partial charge < -0.3 is 15.0 Å². The zero-order valence-corrected chi connectivity index (χ0v) is 22.4. The second kappa shape index (κ2) is 12.2. The molecule has 0 spiro atoms. The molecule has 0 aliphatic carbocycles. The van der Waals surface area contributed by atoms with E-state index in [0.29, 0.717) is 24.6 Å². The zero-order valence-electron chi connectivity index (χ0n) is 22.4. The molecule has 202 valence electrons. The Morgan fingerprint density at radius 2 is 1.87 bits per heavy atom. The van der Waals surface area contributed by atoms with Crippen molar-refractivity contribution in [1.82, 2.24) is 30.2 Å². The molecule has 0 unspecified atom stereocenters. The van der Waals surface area contributed by atoms with Gasteiger partial charge in [0.2, 0.25) is 11.8 Å². The molecule has 9 nitrogen and oxygen atoms in total. The summed E-state index contributed by atoms with van der Waals surface area (Å²) in [5.74, 6) is -0.150. The fourth-order valence-corrected chi connectivity index (χ4v) is 4.92. The lowest BCUT2D eigenvalue weighted by Crippen LogP contribution is -2.46. The summed E-state index contributed by atoms with van der Waals surface area (Å²) in [7, 11) is 0. The van der Waals surface area contributed by atoms with E-state index in [2.05, 4.69) is 34.5 Å². The number of hydrogen-bond donors (Lipinski definition) is 1. The van der Waals surface area contributed by atoms with Gasteiger partial charge >= 0.3 is 0 Å². The summed E-state index contributed by atoms with van der Waals surface area (Å²) in [6, 6.07) is 18.3. The topological polar surface area (TPSA) is 102 Å². The Kier molecular flexibility index (Phi) is 8.27. The molecular weight excluding hydrogens is 492 g/mol. The number of hydrogen-bond acceptors (Lipinski definition) is 6. The molecule has 2 aromatic carbocycles. The molecule has 1 fully saturated rings. The molecule has 1 aliphatic rings. The first-order valence-electron chi connectivity index (χ1n) is 13.5. The molecule has 0 radical (unpaired) electrons. The molecule has 39 heavy (non-hydrogen) atoms. The molecule has 2 atom stereocenters. The van der Waals surface area contributed by atoms with Crippen LogP contribution in [0.3, 0.4) is 0 Å². The fraction of sp³-hybridized carbons (Fsp3) is 0.367. The first-order chi connectivity index (χ1) is 19.0. The van der Waals surface area contributed by atoms with Crippen LogP contribution >= 0.6 is 0 Å². The van der Waals surface area contributed by atoms with Gasteiger partial charge in [-0.1, -0.05) is 61.5 Å². The van der Waals surface area contributed by atoms with E-state index in [1.54, 1.807) is 22.0 Å². The lowest BCUT2D eigenvalue weighted by molar-refractivity contribution is -0.142. The van der Waals surface area contributed by atoms with E-state index in [1.165, 1.54) is 0 Å². The van der Waals surface area contributed by atoms with Gasteiger partial charge in [0.1, 0.15) is 18.1 Å². The molecule has 1 saturated heterocycles. The maximum atomic E-state index is 14.0. The average Bonchev–Trinajstić information content (AvgIpc) is 3.63. The van der Waals surface area contributed by atoms with Crippen molar-refractivity contribution in [3.63, 3.8) is 0 Å². The Balaban J connectivity index is 1.49. The Labute approximate surface area is 228 Å². The number of rotatable bonds is 10. The molecule has 1 aliphatic heterocycles. The summed E-state index contributed by atoms with van der Waals surface area (Å²) in [6.45, 7) is 5.52. The summed E-state index contributed by atoms with van der Waals surface area (Å²) in [5.41, 5.74) is 4.19. The lowest BCUT2D eigenvalue weighted by atomic mass is 9.97. The SMILES string of the molecule is CC(C)c1ccc([C@@H](C(=O)NC[C@@H]2CCCO2)N(Cc2cccnc2)C(=O)Cn2nnc3ccccc32)cc1. The molecule has 0 saturated carbocycles. The van der Waals surface area contributed by atoms with E-state index in [4.69, 9.17) is 4.74 Å². The van der Waals surface area contributed by atoms with E-state index in [-0.39, 0.29) is 31.0 Å². The number of fused-ring (bicyclic) bond motifs is 1. The molecule has 9 heteroatoms. The molecule has 1 N–H and O–H groups in total. The number of carbonyl (C=O) groups is 2. The highest BCUT2D eigenvalue weighted by Gasteiger charge is 2.33. The summed E-state index contributed by atoms with van der Waals surface area (Å²) in [5, 5.41) is 11.5. The largest absolute Gasteiger partial charge is 0.376 e. The Morgan fingerprint density at radius 3 is 2.59 bits per heavy atom. The highest BCUT2D eigenvalue weighted by atomic mass is 16.5. The van der Waals surface area contributed by atoms with Crippen LogP contribution in [-0.2, 0) is 27.4 Å². The van der Waals surface area contributed by atoms with E-state index in [0.717, 1.165) is 35.0 Å². The van der Waals surface area contributed by atoms with Crippen molar-refractivity contribution in [3.8, 4) is 0 Å². The standard InChI is InChI=1S/C30H34N6O3/c1-21(2)23-11-13-24(14-12-23)29(30(38)32-18-25-8-6-16-39-25)35(19-22-7-5-15-31-17-22)28(37)20-36-27-10-4-3-9-26(27)33-34-36/h3-5,7,9-15,17,21,25,29H,6,8,16,18-20H2,1-2H3,(H,32,38)/t25-,29-/m0/s1. The van der Waals surface area contributed by atoms with Crippen molar-refractivity contribution in [2.75, 3.05) is 13.2 Å². The van der Waals surface area contributed by atoms with E-state index in [9.17, 15) is 9.59 Å². The molecule has 3 heterocycles. The second-order valence-electron chi connectivity index (χ2n) is 10.2. The molecule has 5 rings (SSSR count). The quantitative estimate of drug-likeness (QED) is 0.335. The van der Waals surface area contributed by atoms with E-state index in [1.807, 2.05) is 60.7 Å². The van der Waals surface area contributed by atoms with Gasteiger partial charge in [-0.15, -0.1) is 5.10 Å². The maximum Gasteiger partial charge on any atom is 0.247 e. The Bertz CT molecular complexity index is 1400. The first kappa shape index (κ1) is 26.5. The number of benzene rings is 2. The van der Waals surface area contributed by atoms with E-state index < -0.39 is 6.04 Å². The number of nitrogens with zero attached hydrogens (tertiary/aromatic N) is 5. The molecule has 0 bridgehead atoms. The Morgan fingerprint density at radius 1 is 1.08 bits per heavy atom. The molecule has 4 aromatic rings. The van der Waals surface area contributed by atoms with Crippen molar-refractivity contribution < 1.29 is 14.3 Å². The monoisotopic (exact) mass is 526 g/mol. The zero-order chi connectivity index (χ0) is 27.2. The number of amides is 2. The number of pyridine rings is 1. The van der Waals surface area contributed by atoms with Crippen LogP contribution in [-0.4, -0.2) is 55.9 Å². The third-order valence-corrected chi connectivity index (χ3v) is 7.11. The highest BCUT2D eigenvalue weighted by molar-refractivity contribution is 5.89. The summed E-state index contributed by atoms with van der Waals surface area (Å²) in [6.07, 6.45) is 5.29. The van der Waals surface area contributed by atoms with Crippen molar-refractivity contribution in [2.24, 2.45) is 0 Å². The van der Waals surface area contributed by atoms with Gasteiger partial charge in [-0.2, -0.15) is 0 Å². The van der Waals surface area contributed by atoms with Crippen molar-refractivity contribution in [1.29, 1.82) is 0 Å². The molecular formula is C30H34N6O3. The lowest BCUT2D eigenvalue weighted by Gasteiger charge is -2.32. The average molecular weight is 527 g/mol. The number of para-hydroxylation sites is 1. The van der Waals surface area contributed by atoms with Gasteiger partial charge in [0.25, 0.3) is 0 Å². The minimum Gasteiger partial charge on any atom is -0.376 e. The first-order valence-corrected chi connectivity index (χ1v) is 13.5. The van der Waals surface area contributed by atoms with Crippen LogP contribution in [0.4, 0.5) is 0 Å². The third kappa shape index (κ3) is 6.31. The minimum absolute atomic E-state index is 0.0121. The minimum atomic E-state index is -0.852. The van der Waals surface area contributed by atoms with Gasteiger partial charge in [0.15, 0.2) is 0 Å². The van der Waals surface area contributed by atoms with Crippen LogP contribution < -0.4 is 5.32 Å². The van der Waals surface area contributed by atoms with Crippen molar-refractivity contribution in [3.05, 3.63) is 89.7 Å². The number of aromatic nitrogens is 4. The number of carbonyl (C=O) groups excluding carboxylic acids is 2. The molecule has 2 aromatic heterocycles. The smallest absolute Gasteiger partial charge is 0.247 e. The predicted molar refractivity (Wildman–Crippen MR) is 148 cm³/mol. The number of nitrogens with one attached hydrogen (secondary N) is 1. The third-order valence-electron chi connectivity index (χ3n) is 7.11. The van der Waals surface area contributed by atoms with Crippen molar-refractivity contribution in [2.45, 2.75) is 57.8 Å². The van der Waals surface area contributed by atoms with Crippen LogP contribution in [0.15, 0.2) is 73.1 Å².